The van der Waals surface area contributed by atoms with E-state index in [2.05, 4.69) is 5.32 Å². The molecule has 0 bridgehead atoms. The first kappa shape index (κ1) is 11.8. The van der Waals surface area contributed by atoms with Gasteiger partial charge in [0.15, 0.2) is 5.58 Å². The molecule has 2 rings (SSSR count). The molecular formula is C10H13ClN2O2. The van der Waals surface area contributed by atoms with Gasteiger partial charge in [0.05, 0.1) is 5.52 Å². The topological polar surface area (TPSA) is 47.2 Å². The molecule has 5 heteroatoms. The summed E-state index contributed by atoms with van der Waals surface area (Å²) >= 11 is 0. The zero-order valence-electron chi connectivity index (χ0n) is 8.40. The maximum atomic E-state index is 11.4. The van der Waals surface area contributed by atoms with E-state index in [1.807, 2.05) is 25.2 Å². The van der Waals surface area contributed by atoms with Crippen molar-refractivity contribution in [2.24, 2.45) is 0 Å². The van der Waals surface area contributed by atoms with Gasteiger partial charge < -0.3 is 9.73 Å². The third kappa shape index (κ3) is 2.22. The highest BCUT2D eigenvalue weighted by Crippen LogP contribution is 2.10. The lowest BCUT2D eigenvalue weighted by molar-refractivity contribution is 0.500. The molecule has 1 aromatic carbocycles. The molecule has 0 spiro atoms. The third-order valence-corrected chi connectivity index (χ3v) is 2.16. The van der Waals surface area contributed by atoms with Crippen LogP contribution in [0.2, 0.25) is 0 Å². The summed E-state index contributed by atoms with van der Waals surface area (Å²) in [7, 11) is 1.85. The molecule has 1 heterocycles. The normalized spacial score (nSPS) is 10.2. The first-order valence-electron chi connectivity index (χ1n) is 4.56. The molecule has 0 fully saturated rings. The number of para-hydroxylation sites is 2. The Morgan fingerprint density at radius 1 is 1.40 bits per heavy atom. The van der Waals surface area contributed by atoms with Crippen molar-refractivity contribution < 1.29 is 4.42 Å². The third-order valence-electron chi connectivity index (χ3n) is 2.16. The molecule has 4 nitrogen and oxygen atoms in total. The summed E-state index contributed by atoms with van der Waals surface area (Å²) in [5.74, 6) is -0.290. The highest BCUT2D eigenvalue weighted by Gasteiger charge is 2.06. The Hall–Kier alpha value is -1.26. The molecule has 0 radical (unpaired) electrons. The van der Waals surface area contributed by atoms with Gasteiger partial charge in [-0.15, -0.1) is 12.4 Å². The Balaban J connectivity index is 0.00000112. The predicted octanol–water partition coefficient (Wildman–Crippen LogP) is 1.24. The molecule has 15 heavy (non-hydrogen) atoms. The van der Waals surface area contributed by atoms with Gasteiger partial charge in [-0.25, -0.2) is 4.79 Å². The van der Waals surface area contributed by atoms with Crippen LogP contribution in [-0.4, -0.2) is 18.2 Å². The summed E-state index contributed by atoms with van der Waals surface area (Å²) in [6.45, 7) is 1.38. The van der Waals surface area contributed by atoms with E-state index in [1.165, 1.54) is 0 Å². The zero-order chi connectivity index (χ0) is 9.97. The number of rotatable bonds is 3. The molecule has 0 aliphatic rings. The second-order valence-electron chi connectivity index (χ2n) is 3.09. The number of nitrogens with zero attached hydrogens (tertiary/aromatic N) is 1. The second-order valence-corrected chi connectivity index (χ2v) is 3.09. The van der Waals surface area contributed by atoms with Gasteiger partial charge >= 0.3 is 5.76 Å². The molecule has 0 aliphatic carbocycles. The van der Waals surface area contributed by atoms with Gasteiger partial charge in [0.1, 0.15) is 0 Å². The van der Waals surface area contributed by atoms with Gasteiger partial charge in [-0.2, -0.15) is 0 Å². The van der Waals surface area contributed by atoms with Crippen molar-refractivity contribution >= 4 is 23.5 Å². The molecular weight excluding hydrogens is 216 g/mol. The smallest absolute Gasteiger partial charge is 0.408 e. The number of hydrogen-bond acceptors (Lipinski definition) is 3. The van der Waals surface area contributed by atoms with Gasteiger partial charge in [0.2, 0.25) is 0 Å². The van der Waals surface area contributed by atoms with E-state index in [1.54, 1.807) is 10.6 Å². The summed E-state index contributed by atoms with van der Waals surface area (Å²) in [6, 6.07) is 7.43. The minimum absolute atomic E-state index is 0. The average molecular weight is 229 g/mol. The molecule has 0 unspecified atom stereocenters. The molecule has 1 aromatic heterocycles. The van der Waals surface area contributed by atoms with Crippen LogP contribution in [-0.2, 0) is 6.54 Å². The summed E-state index contributed by atoms with van der Waals surface area (Å²) in [5, 5.41) is 3.00. The number of oxazole rings is 1. The molecule has 0 saturated heterocycles. The highest BCUT2D eigenvalue weighted by molar-refractivity contribution is 5.85. The van der Waals surface area contributed by atoms with Gasteiger partial charge in [-0.05, 0) is 19.2 Å². The second kappa shape index (κ2) is 5.00. The van der Waals surface area contributed by atoms with Crippen molar-refractivity contribution in [2.75, 3.05) is 13.6 Å². The van der Waals surface area contributed by atoms with E-state index >= 15 is 0 Å². The number of benzene rings is 1. The van der Waals surface area contributed by atoms with Crippen molar-refractivity contribution in [3.8, 4) is 0 Å². The maximum Gasteiger partial charge on any atom is 0.419 e. The molecule has 0 saturated carbocycles. The molecule has 82 valence electrons. The van der Waals surface area contributed by atoms with Gasteiger partial charge in [0.25, 0.3) is 0 Å². The van der Waals surface area contributed by atoms with Gasteiger partial charge in [0, 0.05) is 13.1 Å². The van der Waals surface area contributed by atoms with E-state index in [4.69, 9.17) is 4.42 Å². The van der Waals surface area contributed by atoms with Crippen LogP contribution in [0.1, 0.15) is 0 Å². The van der Waals surface area contributed by atoms with Crippen molar-refractivity contribution in [3.63, 3.8) is 0 Å². The number of fused-ring (bicyclic) bond motifs is 1. The number of hydrogen-bond donors (Lipinski definition) is 1. The van der Waals surface area contributed by atoms with Crippen LogP contribution in [0.5, 0.6) is 0 Å². The van der Waals surface area contributed by atoms with Crippen LogP contribution in [0.25, 0.3) is 11.1 Å². The lowest BCUT2D eigenvalue weighted by Crippen LogP contribution is -2.21. The van der Waals surface area contributed by atoms with Gasteiger partial charge in [-0.1, -0.05) is 12.1 Å². The Kier molecular flexibility index (Phi) is 3.94. The fourth-order valence-corrected chi connectivity index (χ4v) is 1.45. The fourth-order valence-electron chi connectivity index (χ4n) is 1.45. The zero-order valence-corrected chi connectivity index (χ0v) is 9.21. The summed E-state index contributed by atoms with van der Waals surface area (Å²) in [6.07, 6.45) is 0. The molecule has 0 amide bonds. The van der Waals surface area contributed by atoms with Crippen LogP contribution in [0.15, 0.2) is 33.5 Å². The van der Waals surface area contributed by atoms with Crippen molar-refractivity contribution in [3.05, 3.63) is 34.8 Å². The fraction of sp³-hybridized carbons (Fsp3) is 0.300. The van der Waals surface area contributed by atoms with Gasteiger partial charge in [-0.3, -0.25) is 4.57 Å². The van der Waals surface area contributed by atoms with E-state index < -0.39 is 0 Å². The monoisotopic (exact) mass is 228 g/mol. The SMILES string of the molecule is CNCCn1c(=O)oc2ccccc21.Cl. The first-order valence-corrected chi connectivity index (χ1v) is 4.56. The largest absolute Gasteiger partial charge is 0.419 e. The van der Waals surface area contributed by atoms with E-state index in [9.17, 15) is 4.79 Å². The molecule has 2 aromatic rings. The van der Waals surface area contributed by atoms with Crippen LogP contribution < -0.4 is 11.1 Å². The summed E-state index contributed by atoms with van der Waals surface area (Å²) in [4.78, 5) is 11.4. The Bertz CT molecular complexity index is 489. The average Bonchev–Trinajstić information content (AvgIpc) is 2.51. The predicted molar refractivity (Wildman–Crippen MR) is 61.6 cm³/mol. The number of nitrogens with one attached hydrogen (secondary N) is 1. The maximum absolute atomic E-state index is 11.4. The van der Waals surface area contributed by atoms with Crippen LogP contribution in [0, 0.1) is 0 Å². The number of likely N-dealkylation sites (N-methyl/N-ethyl adjacent to an activating group) is 1. The lowest BCUT2D eigenvalue weighted by atomic mass is 10.3. The van der Waals surface area contributed by atoms with Crippen LogP contribution >= 0.6 is 12.4 Å². The Morgan fingerprint density at radius 3 is 2.87 bits per heavy atom. The Morgan fingerprint density at radius 2 is 2.13 bits per heavy atom. The highest BCUT2D eigenvalue weighted by atomic mass is 35.5. The van der Waals surface area contributed by atoms with Crippen molar-refractivity contribution in [1.82, 2.24) is 9.88 Å². The van der Waals surface area contributed by atoms with Crippen LogP contribution in [0.4, 0.5) is 0 Å². The van der Waals surface area contributed by atoms with E-state index in [0.29, 0.717) is 12.1 Å². The minimum Gasteiger partial charge on any atom is -0.408 e. The van der Waals surface area contributed by atoms with Crippen molar-refractivity contribution in [2.45, 2.75) is 6.54 Å². The molecule has 1 N–H and O–H groups in total. The Labute approximate surface area is 93.3 Å². The summed E-state index contributed by atoms with van der Waals surface area (Å²) < 4.78 is 6.71. The molecule has 0 aliphatic heterocycles. The lowest BCUT2D eigenvalue weighted by Gasteiger charge is -1.99. The van der Waals surface area contributed by atoms with Crippen molar-refractivity contribution in [1.29, 1.82) is 0 Å². The van der Waals surface area contributed by atoms with E-state index in [0.717, 1.165) is 12.1 Å². The number of aromatic nitrogens is 1. The standard InChI is InChI=1S/C10H12N2O2.ClH/c1-11-6-7-12-8-4-2-3-5-9(8)14-10(12)13;/h2-5,11H,6-7H2,1H3;1H. The number of halogens is 1. The molecule has 0 atom stereocenters. The summed E-state index contributed by atoms with van der Waals surface area (Å²) in [5.41, 5.74) is 1.50. The first-order chi connectivity index (χ1) is 6.83. The van der Waals surface area contributed by atoms with E-state index in [-0.39, 0.29) is 18.2 Å². The minimum atomic E-state index is -0.290. The van der Waals surface area contributed by atoms with Crippen LogP contribution in [0.3, 0.4) is 0 Å². The quantitative estimate of drug-likeness (QED) is 0.860.